The fourth-order valence-electron chi connectivity index (χ4n) is 1.61. The van der Waals surface area contributed by atoms with Crippen molar-refractivity contribution in [3.8, 4) is 18.2 Å². The first-order chi connectivity index (χ1) is 8.67. The molecule has 0 amide bonds. The van der Waals surface area contributed by atoms with Crippen LogP contribution < -0.4 is 5.32 Å². The average molecular weight is 236 g/mol. The molecule has 4 heteroatoms. The molecule has 0 unspecified atom stereocenters. The Morgan fingerprint density at radius 1 is 1.17 bits per heavy atom. The van der Waals surface area contributed by atoms with Crippen molar-refractivity contribution >= 4 is 5.69 Å². The van der Waals surface area contributed by atoms with Crippen LogP contribution in [0.5, 0.6) is 0 Å². The Hall–Kier alpha value is -2.77. The molecule has 88 valence electrons. The highest BCUT2D eigenvalue weighted by molar-refractivity contribution is 5.65. The van der Waals surface area contributed by atoms with Crippen molar-refractivity contribution in [1.82, 2.24) is 0 Å². The van der Waals surface area contributed by atoms with Gasteiger partial charge in [-0.1, -0.05) is 25.1 Å². The van der Waals surface area contributed by atoms with Crippen molar-refractivity contribution in [2.24, 2.45) is 0 Å². The molecule has 0 radical (unpaired) electrons. The van der Waals surface area contributed by atoms with Crippen molar-refractivity contribution in [3.63, 3.8) is 0 Å². The van der Waals surface area contributed by atoms with E-state index in [0.717, 1.165) is 23.2 Å². The minimum atomic E-state index is -0.206. The van der Waals surface area contributed by atoms with Crippen LogP contribution >= 0.6 is 0 Å². The van der Waals surface area contributed by atoms with Crippen LogP contribution in [0.15, 0.2) is 29.5 Å². The number of benzene rings is 1. The summed E-state index contributed by atoms with van der Waals surface area (Å²) >= 11 is 0. The highest BCUT2D eigenvalue weighted by Gasteiger charge is 2.10. The van der Waals surface area contributed by atoms with Gasteiger partial charge in [0.25, 0.3) is 0 Å². The Morgan fingerprint density at radius 2 is 1.83 bits per heavy atom. The zero-order chi connectivity index (χ0) is 13.5. The highest BCUT2D eigenvalue weighted by Crippen LogP contribution is 2.23. The Morgan fingerprint density at radius 3 is 2.33 bits per heavy atom. The number of para-hydroxylation sites is 1. The highest BCUT2D eigenvalue weighted by atomic mass is 14.9. The van der Waals surface area contributed by atoms with Gasteiger partial charge in [0.1, 0.15) is 23.9 Å². The predicted molar refractivity (Wildman–Crippen MR) is 68.0 cm³/mol. The fraction of sp³-hybridized carbons (Fsp3) is 0.214. The third-order valence-corrected chi connectivity index (χ3v) is 2.58. The molecule has 0 fully saturated rings. The van der Waals surface area contributed by atoms with Gasteiger partial charge in [-0.3, -0.25) is 0 Å². The standard InChI is InChI=1S/C14H12N4/c1-3-11-6-4-5-10(2)14(11)18-13(9-17)12(7-15)8-16/h4-6,18H,3H2,1-2H3. The summed E-state index contributed by atoms with van der Waals surface area (Å²) < 4.78 is 0. The molecule has 1 aromatic carbocycles. The molecule has 18 heavy (non-hydrogen) atoms. The van der Waals surface area contributed by atoms with E-state index in [9.17, 15) is 0 Å². The first-order valence-electron chi connectivity index (χ1n) is 5.48. The second kappa shape index (κ2) is 6.09. The normalized spacial score (nSPS) is 8.61. The molecule has 0 aromatic heterocycles. The van der Waals surface area contributed by atoms with Gasteiger partial charge < -0.3 is 5.32 Å². The number of aryl methyl sites for hydroxylation is 2. The van der Waals surface area contributed by atoms with Crippen LogP contribution in [-0.4, -0.2) is 0 Å². The summed E-state index contributed by atoms with van der Waals surface area (Å²) in [6.07, 6.45) is 0.803. The lowest BCUT2D eigenvalue weighted by atomic mass is 10.1. The van der Waals surface area contributed by atoms with Crippen molar-refractivity contribution in [2.45, 2.75) is 20.3 Å². The van der Waals surface area contributed by atoms with Crippen LogP contribution in [0, 0.1) is 40.9 Å². The quantitative estimate of drug-likeness (QED) is 0.818. The number of nitrogens with zero attached hydrogens (tertiary/aromatic N) is 3. The lowest BCUT2D eigenvalue weighted by Crippen LogP contribution is -2.04. The number of hydrogen-bond donors (Lipinski definition) is 1. The van der Waals surface area contributed by atoms with Crippen molar-refractivity contribution in [1.29, 1.82) is 15.8 Å². The molecule has 1 aromatic rings. The number of nitrogens with one attached hydrogen (secondary N) is 1. The largest absolute Gasteiger partial charge is 0.345 e. The van der Waals surface area contributed by atoms with Gasteiger partial charge in [0.15, 0.2) is 5.57 Å². The second-order valence-corrected chi connectivity index (χ2v) is 3.67. The Kier molecular flexibility index (Phi) is 4.50. The Labute approximate surface area is 106 Å². The van der Waals surface area contributed by atoms with E-state index in [1.165, 1.54) is 0 Å². The van der Waals surface area contributed by atoms with Gasteiger partial charge in [-0.2, -0.15) is 15.8 Å². The van der Waals surface area contributed by atoms with Crippen LogP contribution in [-0.2, 0) is 6.42 Å². The molecule has 0 saturated heterocycles. The van der Waals surface area contributed by atoms with Crippen LogP contribution in [0.1, 0.15) is 18.1 Å². The summed E-state index contributed by atoms with van der Waals surface area (Å²) in [6, 6.07) is 11.1. The zero-order valence-corrected chi connectivity index (χ0v) is 10.3. The monoisotopic (exact) mass is 236 g/mol. The van der Waals surface area contributed by atoms with E-state index in [4.69, 9.17) is 15.8 Å². The van der Waals surface area contributed by atoms with Gasteiger partial charge in [-0.25, -0.2) is 0 Å². The third kappa shape index (κ3) is 2.67. The van der Waals surface area contributed by atoms with Gasteiger partial charge in [0, 0.05) is 5.69 Å². The zero-order valence-electron chi connectivity index (χ0n) is 10.3. The lowest BCUT2D eigenvalue weighted by Gasteiger charge is -2.12. The van der Waals surface area contributed by atoms with Crippen molar-refractivity contribution < 1.29 is 0 Å². The van der Waals surface area contributed by atoms with Gasteiger partial charge in [-0.05, 0) is 24.5 Å². The molecule has 0 heterocycles. The van der Waals surface area contributed by atoms with Crippen molar-refractivity contribution in [2.75, 3.05) is 5.32 Å². The summed E-state index contributed by atoms with van der Waals surface area (Å²) in [5, 5.41) is 29.5. The number of hydrogen-bond acceptors (Lipinski definition) is 4. The predicted octanol–water partition coefficient (Wildman–Crippen LogP) is 2.79. The van der Waals surface area contributed by atoms with E-state index >= 15 is 0 Å². The molecule has 0 bridgehead atoms. The lowest BCUT2D eigenvalue weighted by molar-refractivity contribution is 1.13. The summed E-state index contributed by atoms with van der Waals surface area (Å²) in [6.45, 7) is 3.92. The topological polar surface area (TPSA) is 83.4 Å². The van der Waals surface area contributed by atoms with Crippen LogP contribution in [0.2, 0.25) is 0 Å². The minimum absolute atomic E-state index is 0.0102. The molecule has 1 N–H and O–H groups in total. The molecule has 1 rings (SSSR count). The maximum absolute atomic E-state index is 9.00. The van der Waals surface area contributed by atoms with E-state index in [-0.39, 0.29) is 11.3 Å². The number of anilines is 1. The van der Waals surface area contributed by atoms with Gasteiger partial charge in [0.2, 0.25) is 0 Å². The Balaban J connectivity index is 3.29. The van der Waals surface area contributed by atoms with Gasteiger partial charge in [-0.15, -0.1) is 0 Å². The maximum Gasteiger partial charge on any atom is 0.163 e. The summed E-state index contributed by atoms with van der Waals surface area (Å²) in [7, 11) is 0. The van der Waals surface area contributed by atoms with E-state index in [1.54, 1.807) is 12.1 Å². The number of rotatable bonds is 3. The molecule has 0 saturated carbocycles. The smallest absolute Gasteiger partial charge is 0.163 e. The van der Waals surface area contributed by atoms with Crippen LogP contribution in [0.3, 0.4) is 0 Å². The molecule has 0 aliphatic carbocycles. The van der Waals surface area contributed by atoms with Gasteiger partial charge in [0.05, 0.1) is 0 Å². The third-order valence-electron chi connectivity index (χ3n) is 2.58. The van der Waals surface area contributed by atoms with E-state index in [0.29, 0.717) is 0 Å². The molecule has 0 atom stereocenters. The van der Waals surface area contributed by atoms with Gasteiger partial charge >= 0.3 is 0 Å². The first kappa shape index (κ1) is 13.3. The average Bonchev–Trinajstić information content (AvgIpc) is 2.40. The van der Waals surface area contributed by atoms with E-state index in [1.807, 2.05) is 38.1 Å². The molecular formula is C14H12N4. The number of allylic oxidation sites excluding steroid dienone is 2. The molecule has 0 spiro atoms. The summed E-state index contributed by atoms with van der Waals surface area (Å²) in [5.74, 6) is 0. The van der Waals surface area contributed by atoms with E-state index in [2.05, 4.69) is 5.32 Å². The fourth-order valence-corrected chi connectivity index (χ4v) is 1.61. The van der Waals surface area contributed by atoms with Crippen LogP contribution in [0.4, 0.5) is 5.69 Å². The maximum atomic E-state index is 9.00. The summed E-state index contributed by atoms with van der Waals surface area (Å²) in [5.41, 5.74) is 2.58. The SMILES string of the molecule is CCc1cccc(C)c1NC(C#N)=C(C#N)C#N. The molecule has 0 aliphatic rings. The van der Waals surface area contributed by atoms with Crippen LogP contribution in [0.25, 0.3) is 0 Å². The van der Waals surface area contributed by atoms with E-state index < -0.39 is 0 Å². The minimum Gasteiger partial charge on any atom is -0.345 e. The molecule has 0 aliphatic heterocycles. The molecule has 4 nitrogen and oxygen atoms in total. The first-order valence-corrected chi connectivity index (χ1v) is 5.48. The van der Waals surface area contributed by atoms with Crippen molar-refractivity contribution in [3.05, 3.63) is 40.6 Å². The summed E-state index contributed by atoms with van der Waals surface area (Å²) in [4.78, 5) is 0. The Bertz CT molecular complexity index is 590. The second-order valence-electron chi connectivity index (χ2n) is 3.67. The molecular weight excluding hydrogens is 224 g/mol. The number of nitriles is 3.